The first-order valence-electron chi connectivity index (χ1n) is 9.45. The standard InChI is InChI=1S/C20H29N5O2/c1-5-25-9-8-15(12-25)13-27-18-11-16(6-7-17(18)26-4)23-20-22-14(2)10-19(21-3)24-20/h6-7,10-11,15H,5,8-9,12-13H2,1-4H3,(H2,21,22,23,24). The van der Waals surface area contributed by atoms with E-state index >= 15 is 0 Å². The molecule has 1 aromatic carbocycles. The number of ether oxygens (including phenoxy) is 2. The topological polar surface area (TPSA) is 71.5 Å². The number of nitrogens with one attached hydrogen (secondary N) is 2. The second kappa shape index (κ2) is 8.90. The molecule has 1 atom stereocenters. The molecule has 2 heterocycles. The Morgan fingerprint density at radius 3 is 2.78 bits per heavy atom. The third-order valence-corrected chi connectivity index (χ3v) is 4.82. The van der Waals surface area contributed by atoms with Crippen molar-refractivity contribution in [3.05, 3.63) is 30.0 Å². The van der Waals surface area contributed by atoms with Crippen LogP contribution in [0, 0.1) is 12.8 Å². The van der Waals surface area contributed by atoms with Gasteiger partial charge in [0.05, 0.1) is 13.7 Å². The molecule has 146 valence electrons. The molecular formula is C20H29N5O2. The average Bonchev–Trinajstić information content (AvgIpc) is 3.14. The van der Waals surface area contributed by atoms with E-state index in [1.807, 2.05) is 38.2 Å². The van der Waals surface area contributed by atoms with Gasteiger partial charge in [0.25, 0.3) is 0 Å². The van der Waals surface area contributed by atoms with Crippen LogP contribution in [0.3, 0.4) is 0 Å². The maximum atomic E-state index is 6.11. The summed E-state index contributed by atoms with van der Waals surface area (Å²) in [6.45, 7) is 8.19. The van der Waals surface area contributed by atoms with Gasteiger partial charge in [-0.05, 0) is 38.6 Å². The Morgan fingerprint density at radius 2 is 2.07 bits per heavy atom. The first kappa shape index (κ1) is 19.2. The molecule has 1 aromatic heterocycles. The average molecular weight is 371 g/mol. The smallest absolute Gasteiger partial charge is 0.229 e. The van der Waals surface area contributed by atoms with E-state index in [4.69, 9.17) is 9.47 Å². The number of nitrogens with zero attached hydrogens (tertiary/aromatic N) is 3. The minimum atomic E-state index is 0.546. The fourth-order valence-electron chi connectivity index (χ4n) is 3.29. The Morgan fingerprint density at radius 1 is 1.22 bits per heavy atom. The minimum absolute atomic E-state index is 0.546. The summed E-state index contributed by atoms with van der Waals surface area (Å²) >= 11 is 0. The number of anilines is 3. The number of benzene rings is 1. The van der Waals surface area contributed by atoms with Crippen LogP contribution in [0.15, 0.2) is 24.3 Å². The van der Waals surface area contributed by atoms with Gasteiger partial charge in [-0.15, -0.1) is 0 Å². The summed E-state index contributed by atoms with van der Waals surface area (Å²) in [7, 11) is 3.50. The lowest BCUT2D eigenvalue weighted by Crippen LogP contribution is -2.21. The summed E-state index contributed by atoms with van der Waals surface area (Å²) in [5.74, 6) is 3.34. The van der Waals surface area contributed by atoms with Crippen LogP contribution in [0.4, 0.5) is 17.5 Å². The maximum absolute atomic E-state index is 6.11. The van der Waals surface area contributed by atoms with Crippen molar-refractivity contribution < 1.29 is 9.47 Å². The molecule has 7 heteroatoms. The van der Waals surface area contributed by atoms with Crippen molar-refractivity contribution in [2.24, 2.45) is 5.92 Å². The van der Waals surface area contributed by atoms with Crippen molar-refractivity contribution in [3.8, 4) is 11.5 Å². The summed E-state index contributed by atoms with van der Waals surface area (Å²) in [5.41, 5.74) is 1.75. The molecular weight excluding hydrogens is 342 g/mol. The Bertz CT molecular complexity index is 768. The van der Waals surface area contributed by atoms with E-state index in [0.717, 1.165) is 48.3 Å². The molecule has 1 fully saturated rings. The van der Waals surface area contributed by atoms with Crippen molar-refractivity contribution >= 4 is 17.5 Å². The van der Waals surface area contributed by atoms with Crippen LogP contribution < -0.4 is 20.1 Å². The number of aromatic nitrogens is 2. The van der Waals surface area contributed by atoms with E-state index in [2.05, 4.69) is 32.4 Å². The number of methoxy groups -OCH3 is 1. The lowest BCUT2D eigenvalue weighted by atomic mass is 10.1. The van der Waals surface area contributed by atoms with Crippen LogP contribution >= 0.6 is 0 Å². The second-order valence-electron chi connectivity index (χ2n) is 6.82. The highest BCUT2D eigenvalue weighted by Gasteiger charge is 2.22. The molecule has 27 heavy (non-hydrogen) atoms. The van der Waals surface area contributed by atoms with Crippen LogP contribution in [-0.4, -0.2) is 55.3 Å². The van der Waals surface area contributed by atoms with Gasteiger partial charge < -0.3 is 25.0 Å². The zero-order chi connectivity index (χ0) is 19.2. The zero-order valence-corrected chi connectivity index (χ0v) is 16.6. The van der Waals surface area contributed by atoms with Crippen molar-refractivity contribution in [2.45, 2.75) is 20.3 Å². The first-order chi connectivity index (χ1) is 13.1. The SMILES string of the molecule is CCN1CCC(COc2cc(Nc3nc(C)cc(NC)n3)ccc2OC)C1. The molecule has 0 amide bonds. The normalized spacial score (nSPS) is 17.0. The lowest BCUT2D eigenvalue weighted by Gasteiger charge is -2.16. The molecule has 0 aliphatic carbocycles. The van der Waals surface area contributed by atoms with Crippen molar-refractivity contribution in [2.75, 3.05) is 51.0 Å². The quantitative estimate of drug-likeness (QED) is 0.738. The molecule has 3 rings (SSSR count). The fraction of sp³-hybridized carbons (Fsp3) is 0.500. The third-order valence-electron chi connectivity index (χ3n) is 4.82. The van der Waals surface area contributed by atoms with Crippen LogP contribution in [-0.2, 0) is 0 Å². The van der Waals surface area contributed by atoms with Gasteiger partial charge in [0.15, 0.2) is 11.5 Å². The Balaban J connectivity index is 1.70. The van der Waals surface area contributed by atoms with Crippen molar-refractivity contribution in [1.82, 2.24) is 14.9 Å². The second-order valence-corrected chi connectivity index (χ2v) is 6.82. The van der Waals surface area contributed by atoms with Crippen LogP contribution in [0.1, 0.15) is 19.0 Å². The number of hydrogen-bond donors (Lipinski definition) is 2. The monoisotopic (exact) mass is 371 g/mol. The summed E-state index contributed by atoms with van der Waals surface area (Å²) in [6.07, 6.45) is 1.18. The highest BCUT2D eigenvalue weighted by Crippen LogP contribution is 2.32. The molecule has 0 radical (unpaired) electrons. The molecule has 1 saturated heterocycles. The van der Waals surface area contributed by atoms with Gasteiger partial charge in [0.1, 0.15) is 5.82 Å². The molecule has 0 bridgehead atoms. The number of aryl methyl sites for hydroxylation is 1. The largest absolute Gasteiger partial charge is 0.493 e. The van der Waals surface area contributed by atoms with Crippen molar-refractivity contribution in [1.29, 1.82) is 0 Å². The van der Waals surface area contributed by atoms with Crippen molar-refractivity contribution in [3.63, 3.8) is 0 Å². The highest BCUT2D eigenvalue weighted by molar-refractivity contribution is 5.60. The number of likely N-dealkylation sites (tertiary alicyclic amines) is 1. The van der Waals surface area contributed by atoms with Gasteiger partial charge in [0, 0.05) is 43.0 Å². The number of rotatable bonds is 8. The van der Waals surface area contributed by atoms with E-state index in [1.54, 1.807) is 7.11 Å². The molecule has 2 aromatic rings. The summed E-state index contributed by atoms with van der Waals surface area (Å²) in [5, 5.41) is 6.29. The predicted molar refractivity (Wildman–Crippen MR) is 108 cm³/mol. The molecule has 1 unspecified atom stereocenters. The van der Waals surface area contributed by atoms with E-state index in [0.29, 0.717) is 18.5 Å². The van der Waals surface area contributed by atoms with Crippen LogP contribution in [0.5, 0.6) is 11.5 Å². The molecule has 2 N–H and O–H groups in total. The van der Waals surface area contributed by atoms with Gasteiger partial charge in [-0.1, -0.05) is 6.92 Å². The van der Waals surface area contributed by atoms with Crippen LogP contribution in [0.25, 0.3) is 0 Å². The Kier molecular flexibility index (Phi) is 6.34. The van der Waals surface area contributed by atoms with Gasteiger partial charge in [-0.2, -0.15) is 4.98 Å². The summed E-state index contributed by atoms with van der Waals surface area (Å²) in [4.78, 5) is 11.3. The fourth-order valence-corrected chi connectivity index (χ4v) is 3.29. The minimum Gasteiger partial charge on any atom is -0.493 e. The maximum Gasteiger partial charge on any atom is 0.229 e. The summed E-state index contributed by atoms with van der Waals surface area (Å²) in [6, 6.07) is 7.68. The Labute approximate surface area is 161 Å². The zero-order valence-electron chi connectivity index (χ0n) is 16.6. The highest BCUT2D eigenvalue weighted by atomic mass is 16.5. The van der Waals surface area contributed by atoms with E-state index < -0.39 is 0 Å². The van der Waals surface area contributed by atoms with Gasteiger partial charge >= 0.3 is 0 Å². The molecule has 1 aliphatic rings. The molecule has 0 spiro atoms. The first-order valence-corrected chi connectivity index (χ1v) is 9.45. The van der Waals surface area contributed by atoms with E-state index in [-0.39, 0.29) is 0 Å². The summed E-state index contributed by atoms with van der Waals surface area (Å²) < 4.78 is 11.6. The predicted octanol–water partition coefficient (Wildman–Crippen LogP) is 3.30. The van der Waals surface area contributed by atoms with Crippen LogP contribution in [0.2, 0.25) is 0 Å². The Hall–Kier alpha value is -2.54. The van der Waals surface area contributed by atoms with Gasteiger partial charge in [-0.25, -0.2) is 4.98 Å². The number of hydrogen-bond acceptors (Lipinski definition) is 7. The van der Waals surface area contributed by atoms with Gasteiger partial charge in [-0.3, -0.25) is 0 Å². The lowest BCUT2D eigenvalue weighted by molar-refractivity contribution is 0.234. The molecule has 7 nitrogen and oxygen atoms in total. The van der Waals surface area contributed by atoms with E-state index in [9.17, 15) is 0 Å². The molecule has 0 saturated carbocycles. The molecule has 1 aliphatic heterocycles. The van der Waals surface area contributed by atoms with E-state index in [1.165, 1.54) is 6.42 Å². The van der Waals surface area contributed by atoms with Gasteiger partial charge in [0.2, 0.25) is 5.95 Å². The third kappa shape index (κ3) is 5.01.